The molecule has 0 saturated carbocycles. The van der Waals surface area contributed by atoms with E-state index < -0.39 is 48.0 Å². The number of carbonyl (C=O) groups is 1. The summed E-state index contributed by atoms with van der Waals surface area (Å²) in [7, 11) is 0. The summed E-state index contributed by atoms with van der Waals surface area (Å²) < 4.78 is 10.5. The van der Waals surface area contributed by atoms with Crippen LogP contribution in [0.1, 0.15) is 13.2 Å². The number of hydrogen-bond donors (Lipinski definition) is 4. The average molecular weight is 302 g/mol. The molecular weight excluding hydrogens is 288 g/mol. The summed E-state index contributed by atoms with van der Waals surface area (Å²) in [4.78, 5) is 35.3. The molecule has 4 N–H and O–H groups in total. The van der Waals surface area contributed by atoms with Gasteiger partial charge in [-0.3, -0.25) is 19.1 Å². The third-order valence-electron chi connectivity index (χ3n) is 2.97. The van der Waals surface area contributed by atoms with Crippen LogP contribution in [0.3, 0.4) is 0 Å². The van der Waals surface area contributed by atoms with Crippen LogP contribution in [-0.2, 0) is 14.3 Å². The largest absolute Gasteiger partial charge is 0.433 e. The second-order valence-electron chi connectivity index (χ2n) is 4.49. The van der Waals surface area contributed by atoms with Gasteiger partial charge in [-0.05, 0) is 0 Å². The van der Waals surface area contributed by atoms with Crippen molar-refractivity contribution < 1.29 is 29.6 Å². The van der Waals surface area contributed by atoms with E-state index in [1.807, 2.05) is 4.98 Å². The second-order valence-corrected chi connectivity index (χ2v) is 4.49. The second kappa shape index (κ2) is 5.77. The van der Waals surface area contributed by atoms with Crippen LogP contribution in [0.25, 0.3) is 0 Å². The van der Waals surface area contributed by atoms with Crippen molar-refractivity contribution in [3.05, 3.63) is 33.1 Å². The SMILES string of the molecule is CC(=O)OC(O)[C@H]1O[C@@H](n2ccc(=O)[nH]c2=O)[C@H](O)[C@@H]1O. The van der Waals surface area contributed by atoms with E-state index in [0.717, 1.165) is 23.8 Å². The van der Waals surface area contributed by atoms with Crippen LogP contribution in [-0.4, -0.2) is 55.4 Å². The molecule has 1 aliphatic rings. The Hall–Kier alpha value is -2.01. The lowest BCUT2D eigenvalue weighted by Gasteiger charge is -2.20. The number of aromatic amines is 1. The molecule has 2 heterocycles. The number of aliphatic hydroxyl groups is 3. The zero-order valence-corrected chi connectivity index (χ0v) is 10.9. The zero-order chi connectivity index (χ0) is 15.7. The highest BCUT2D eigenvalue weighted by atomic mass is 16.7. The van der Waals surface area contributed by atoms with Crippen LogP contribution in [0, 0.1) is 0 Å². The van der Waals surface area contributed by atoms with Gasteiger partial charge in [-0.15, -0.1) is 0 Å². The third-order valence-corrected chi connectivity index (χ3v) is 2.97. The summed E-state index contributed by atoms with van der Waals surface area (Å²) in [5, 5.41) is 29.3. The topological polar surface area (TPSA) is 151 Å². The van der Waals surface area contributed by atoms with E-state index in [-0.39, 0.29) is 0 Å². The lowest BCUT2D eigenvalue weighted by Crippen LogP contribution is -2.41. The Morgan fingerprint density at radius 2 is 2.10 bits per heavy atom. The molecule has 0 spiro atoms. The fourth-order valence-electron chi connectivity index (χ4n) is 2.02. The van der Waals surface area contributed by atoms with Gasteiger partial charge in [0.1, 0.15) is 12.2 Å². The van der Waals surface area contributed by atoms with E-state index >= 15 is 0 Å². The smallest absolute Gasteiger partial charge is 0.330 e. The molecule has 0 aliphatic carbocycles. The van der Waals surface area contributed by atoms with Gasteiger partial charge in [-0.2, -0.15) is 0 Å². The van der Waals surface area contributed by atoms with Crippen LogP contribution in [0.15, 0.2) is 21.9 Å². The molecular formula is C11H14N2O8. The first-order chi connectivity index (χ1) is 9.81. The van der Waals surface area contributed by atoms with Crippen LogP contribution in [0.4, 0.5) is 0 Å². The first kappa shape index (κ1) is 15.4. The Labute approximate surface area is 117 Å². The fourth-order valence-corrected chi connectivity index (χ4v) is 2.02. The average Bonchev–Trinajstić information content (AvgIpc) is 2.66. The summed E-state index contributed by atoms with van der Waals surface area (Å²) in [6.07, 6.45) is -6.68. The molecule has 0 amide bonds. The van der Waals surface area contributed by atoms with Crippen LogP contribution >= 0.6 is 0 Å². The van der Waals surface area contributed by atoms with E-state index in [2.05, 4.69) is 4.74 Å². The fraction of sp³-hybridized carbons (Fsp3) is 0.545. The number of carbonyl (C=O) groups excluding carboxylic acids is 1. The van der Waals surface area contributed by atoms with E-state index in [9.17, 15) is 29.7 Å². The minimum Gasteiger partial charge on any atom is -0.433 e. The Morgan fingerprint density at radius 1 is 1.43 bits per heavy atom. The maximum absolute atomic E-state index is 11.6. The maximum atomic E-state index is 11.6. The molecule has 116 valence electrons. The van der Waals surface area contributed by atoms with Crippen molar-refractivity contribution in [2.45, 2.75) is 37.8 Å². The van der Waals surface area contributed by atoms with Gasteiger partial charge in [-0.25, -0.2) is 4.79 Å². The number of nitrogens with one attached hydrogen (secondary N) is 1. The third kappa shape index (κ3) is 3.03. The Kier molecular flexibility index (Phi) is 4.23. The molecule has 1 saturated heterocycles. The number of rotatable bonds is 3. The van der Waals surface area contributed by atoms with Gasteiger partial charge < -0.3 is 24.8 Å². The summed E-state index contributed by atoms with van der Waals surface area (Å²) >= 11 is 0. The molecule has 5 atom stereocenters. The normalized spacial score (nSPS) is 30.1. The van der Waals surface area contributed by atoms with Crippen LogP contribution < -0.4 is 11.2 Å². The quantitative estimate of drug-likeness (QED) is 0.341. The minimum atomic E-state index is -1.81. The molecule has 1 aromatic rings. The number of nitrogens with zero attached hydrogens (tertiary/aromatic N) is 1. The summed E-state index contributed by atoms with van der Waals surface area (Å²) in [6, 6.07) is 1.03. The first-order valence-corrected chi connectivity index (χ1v) is 5.99. The number of esters is 1. The number of aromatic nitrogens is 2. The van der Waals surface area contributed by atoms with Crippen LogP contribution in [0.5, 0.6) is 0 Å². The number of H-pyrrole nitrogens is 1. The highest BCUT2D eigenvalue weighted by molar-refractivity contribution is 5.66. The predicted octanol–water partition coefficient (Wildman–Crippen LogP) is -2.96. The van der Waals surface area contributed by atoms with Gasteiger partial charge in [0.25, 0.3) is 5.56 Å². The van der Waals surface area contributed by atoms with Crippen molar-refractivity contribution in [2.75, 3.05) is 0 Å². The standard InChI is InChI=1S/C11H14N2O8/c1-4(14)20-10(18)8-6(16)7(17)9(21-8)13-3-2-5(15)12-11(13)19/h2-3,6-10,16-18H,1H3,(H,12,15,19)/t6-,7+,8-,9+,10?/m0/s1. The summed E-state index contributed by atoms with van der Waals surface area (Å²) in [5.41, 5.74) is -1.50. The van der Waals surface area contributed by atoms with Crippen molar-refractivity contribution in [3.8, 4) is 0 Å². The molecule has 21 heavy (non-hydrogen) atoms. The van der Waals surface area contributed by atoms with Gasteiger partial charge in [0.15, 0.2) is 12.3 Å². The van der Waals surface area contributed by atoms with Crippen molar-refractivity contribution >= 4 is 5.97 Å². The monoisotopic (exact) mass is 302 g/mol. The Balaban J connectivity index is 2.25. The highest BCUT2D eigenvalue weighted by Gasteiger charge is 2.48. The number of hydrogen-bond acceptors (Lipinski definition) is 8. The lowest BCUT2D eigenvalue weighted by atomic mass is 10.1. The molecule has 0 bridgehead atoms. The van der Waals surface area contributed by atoms with Gasteiger partial charge in [-0.1, -0.05) is 0 Å². The molecule has 1 aromatic heterocycles. The molecule has 10 nitrogen and oxygen atoms in total. The summed E-state index contributed by atoms with van der Waals surface area (Å²) in [6.45, 7) is 1.05. The van der Waals surface area contributed by atoms with Gasteiger partial charge in [0.05, 0.1) is 0 Å². The predicted molar refractivity (Wildman–Crippen MR) is 65.0 cm³/mol. The lowest BCUT2D eigenvalue weighted by molar-refractivity contribution is -0.201. The Morgan fingerprint density at radius 3 is 2.67 bits per heavy atom. The molecule has 1 unspecified atom stereocenters. The van der Waals surface area contributed by atoms with E-state index in [1.54, 1.807) is 0 Å². The van der Waals surface area contributed by atoms with Crippen molar-refractivity contribution in [2.24, 2.45) is 0 Å². The van der Waals surface area contributed by atoms with Gasteiger partial charge in [0.2, 0.25) is 6.29 Å². The molecule has 1 aliphatic heterocycles. The van der Waals surface area contributed by atoms with Crippen LogP contribution in [0.2, 0.25) is 0 Å². The van der Waals surface area contributed by atoms with Gasteiger partial charge >= 0.3 is 11.7 Å². The molecule has 10 heteroatoms. The van der Waals surface area contributed by atoms with E-state index in [4.69, 9.17) is 4.74 Å². The molecule has 1 fully saturated rings. The summed E-state index contributed by atoms with van der Waals surface area (Å²) in [5.74, 6) is -0.808. The van der Waals surface area contributed by atoms with Crippen molar-refractivity contribution in [3.63, 3.8) is 0 Å². The number of aliphatic hydroxyl groups excluding tert-OH is 3. The zero-order valence-electron chi connectivity index (χ0n) is 10.9. The minimum absolute atomic E-state index is 0.638. The van der Waals surface area contributed by atoms with Crippen molar-refractivity contribution in [1.82, 2.24) is 9.55 Å². The first-order valence-electron chi connectivity index (χ1n) is 5.99. The maximum Gasteiger partial charge on any atom is 0.330 e. The van der Waals surface area contributed by atoms with Crippen molar-refractivity contribution in [1.29, 1.82) is 0 Å². The molecule has 2 rings (SSSR count). The van der Waals surface area contributed by atoms with Gasteiger partial charge in [0, 0.05) is 19.2 Å². The highest BCUT2D eigenvalue weighted by Crippen LogP contribution is 2.30. The van der Waals surface area contributed by atoms with E-state index in [1.165, 1.54) is 0 Å². The van der Waals surface area contributed by atoms with E-state index in [0.29, 0.717) is 0 Å². The number of ether oxygens (including phenoxy) is 2. The molecule has 0 radical (unpaired) electrons. The Bertz CT molecular complexity index is 638. The molecule has 0 aromatic carbocycles.